The minimum atomic E-state index is 0.571. The molecule has 2 aromatic rings. The van der Waals surface area contributed by atoms with Crippen LogP contribution in [0.25, 0.3) is 0 Å². The van der Waals surface area contributed by atoms with Gasteiger partial charge in [-0.3, -0.25) is 4.90 Å². The van der Waals surface area contributed by atoms with Crippen LogP contribution in [0.4, 0.5) is 5.82 Å². The van der Waals surface area contributed by atoms with Gasteiger partial charge in [-0.15, -0.1) is 0 Å². The van der Waals surface area contributed by atoms with Crippen LogP contribution in [0.5, 0.6) is 0 Å². The van der Waals surface area contributed by atoms with E-state index in [-0.39, 0.29) is 0 Å². The largest absolute Gasteiger partial charge is 0.354 e. The predicted octanol–water partition coefficient (Wildman–Crippen LogP) is 4.36. The minimum Gasteiger partial charge on any atom is -0.354 e. The molecule has 0 spiro atoms. The van der Waals surface area contributed by atoms with Crippen molar-refractivity contribution in [3.8, 4) is 0 Å². The van der Waals surface area contributed by atoms with Gasteiger partial charge in [-0.1, -0.05) is 49.2 Å². The number of benzene rings is 1. The Hall–Kier alpha value is -1.58. The zero-order valence-electron chi connectivity index (χ0n) is 15.3. The van der Waals surface area contributed by atoms with Crippen LogP contribution in [0.1, 0.15) is 30.0 Å². The third-order valence-corrected chi connectivity index (χ3v) is 5.26. The van der Waals surface area contributed by atoms with Crippen molar-refractivity contribution >= 4 is 17.4 Å². The van der Waals surface area contributed by atoms with E-state index in [2.05, 4.69) is 46.8 Å². The highest BCUT2D eigenvalue weighted by atomic mass is 35.5. The molecule has 1 fully saturated rings. The van der Waals surface area contributed by atoms with E-state index in [1.807, 2.05) is 18.2 Å². The molecule has 0 bridgehead atoms. The molecule has 0 N–H and O–H groups in total. The smallest absolute Gasteiger partial charge is 0.131 e. The molecule has 25 heavy (non-hydrogen) atoms. The Balaban J connectivity index is 1.50. The number of pyridine rings is 1. The molecule has 1 aliphatic rings. The van der Waals surface area contributed by atoms with Gasteiger partial charge in [0, 0.05) is 32.7 Å². The molecule has 0 amide bonds. The van der Waals surface area contributed by atoms with Gasteiger partial charge in [0.2, 0.25) is 0 Å². The lowest BCUT2D eigenvalue weighted by Crippen LogP contribution is -2.47. The summed E-state index contributed by atoms with van der Waals surface area (Å²) in [5.41, 5.74) is 4.40. The molecular formula is C21H28ClN3. The number of hydrogen-bond donors (Lipinski definition) is 0. The fourth-order valence-corrected chi connectivity index (χ4v) is 3.64. The summed E-state index contributed by atoms with van der Waals surface area (Å²) in [7, 11) is 0. The molecule has 3 nitrogen and oxygen atoms in total. The predicted molar refractivity (Wildman–Crippen MR) is 107 cm³/mol. The number of hydrogen-bond acceptors (Lipinski definition) is 3. The first-order valence-corrected chi connectivity index (χ1v) is 9.72. The van der Waals surface area contributed by atoms with Crippen molar-refractivity contribution in [1.29, 1.82) is 0 Å². The summed E-state index contributed by atoms with van der Waals surface area (Å²) in [5.74, 6) is 0.995. The summed E-state index contributed by atoms with van der Waals surface area (Å²) in [4.78, 5) is 9.31. The summed E-state index contributed by atoms with van der Waals surface area (Å²) in [5, 5.41) is 0.571. The van der Waals surface area contributed by atoms with Crippen LogP contribution < -0.4 is 4.90 Å². The Morgan fingerprint density at radius 3 is 2.56 bits per heavy atom. The van der Waals surface area contributed by atoms with Gasteiger partial charge in [-0.25, -0.2) is 4.98 Å². The summed E-state index contributed by atoms with van der Waals surface area (Å²) in [6.07, 6.45) is 3.53. The van der Waals surface area contributed by atoms with Crippen LogP contribution in [0.2, 0.25) is 5.15 Å². The van der Waals surface area contributed by atoms with Crippen LogP contribution in [-0.2, 0) is 12.8 Å². The molecule has 0 radical (unpaired) electrons. The standard InChI is InChI=1S/C21H28ClN3/c1-3-5-19-16-18(9-8-17(19)2)10-11-24-12-14-25(15-13-24)21-7-4-6-20(22)23-21/h4,6-9,16H,3,5,10-15H2,1-2H3. The van der Waals surface area contributed by atoms with Gasteiger partial charge >= 0.3 is 0 Å². The van der Waals surface area contributed by atoms with Crippen molar-refractivity contribution in [2.45, 2.75) is 33.1 Å². The molecule has 2 heterocycles. The van der Waals surface area contributed by atoms with Crippen molar-refractivity contribution in [1.82, 2.24) is 9.88 Å². The van der Waals surface area contributed by atoms with E-state index in [1.165, 1.54) is 29.5 Å². The van der Waals surface area contributed by atoms with Crippen LogP contribution in [0.15, 0.2) is 36.4 Å². The Morgan fingerprint density at radius 1 is 1.04 bits per heavy atom. The molecule has 0 unspecified atom stereocenters. The zero-order valence-corrected chi connectivity index (χ0v) is 16.1. The Kier molecular flexibility index (Phi) is 6.33. The second-order valence-electron chi connectivity index (χ2n) is 6.91. The van der Waals surface area contributed by atoms with Crippen molar-refractivity contribution in [3.05, 3.63) is 58.2 Å². The summed E-state index contributed by atoms with van der Waals surface area (Å²) < 4.78 is 0. The fraction of sp³-hybridized carbons (Fsp3) is 0.476. The van der Waals surface area contributed by atoms with Gasteiger partial charge in [0.05, 0.1) is 0 Å². The number of aryl methyl sites for hydroxylation is 2. The second kappa shape index (κ2) is 8.68. The zero-order chi connectivity index (χ0) is 17.6. The first-order chi connectivity index (χ1) is 12.2. The Morgan fingerprint density at radius 2 is 1.84 bits per heavy atom. The molecule has 1 aliphatic heterocycles. The van der Waals surface area contributed by atoms with Crippen LogP contribution in [0, 0.1) is 6.92 Å². The third kappa shape index (κ3) is 4.96. The van der Waals surface area contributed by atoms with Crippen molar-refractivity contribution in [3.63, 3.8) is 0 Å². The maximum Gasteiger partial charge on any atom is 0.131 e. The Labute approximate surface area is 156 Å². The average molecular weight is 358 g/mol. The molecule has 0 saturated carbocycles. The summed E-state index contributed by atoms with van der Waals surface area (Å²) in [6, 6.07) is 12.8. The number of nitrogens with zero attached hydrogens (tertiary/aromatic N) is 3. The van der Waals surface area contributed by atoms with E-state index in [0.29, 0.717) is 5.15 Å². The van der Waals surface area contributed by atoms with Gasteiger partial charge in [-0.2, -0.15) is 0 Å². The van der Waals surface area contributed by atoms with E-state index < -0.39 is 0 Å². The Bertz CT molecular complexity index is 693. The third-order valence-electron chi connectivity index (χ3n) is 5.05. The molecular weight excluding hydrogens is 330 g/mol. The maximum absolute atomic E-state index is 6.01. The lowest BCUT2D eigenvalue weighted by molar-refractivity contribution is 0.260. The van der Waals surface area contributed by atoms with Gasteiger partial charge in [-0.05, 0) is 48.6 Å². The first-order valence-electron chi connectivity index (χ1n) is 9.34. The summed E-state index contributed by atoms with van der Waals surface area (Å²) >= 11 is 6.01. The van der Waals surface area contributed by atoms with Gasteiger partial charge in [0.25, 0.3) is 0 Å². The topological polar surface area (TPSA) is 19.4 Å². The molecule has 1 aromatic carbocycles. The van der Waals surface area contributed by atoms with Crippen LogP contribution >= 0.6 is 11.6 Å². The molecule has 134 valence electrons. The minimum absolute atomic E-state index is 0.571. The van der Waals surface area contributed by atoms with Crippen molar-refractivity contribution < 1.29 is 0 Å². The lowest BCUT2D eigenvalue weighted by Gasteiger charge is -2.35. The highest BCUT2D eigenvalue weighted by molar-refractivity contribution is 6.29. The average Bonchev–Trinajstić information content (AvgIpc) is 2.63. The van der Waals surface area contributed by atoms with E-state index >= 15 is 0 Å². The van der Waals surface area contributed by atoms with Crippen molar-refractivity contribution in [2.24, 2.45) is 0 Å². The number of halogens is 1. The molecule has 3 rings (SSSR count). The van der Waals surface area contributed by atoms with Crippen LogP contribution in [-0.4, -0.2) is 42.6 Å². The fourth-order valence-electron chi connectivity index (χ4n) is 3.48. The lowest BCUT2D eigenvalue weighted by atomic mass is 9.99. The van der Waals surface area contributed by atoms with Gasteiger partial charge in [0.15, 0.2) is 0 Å². The SMILES string of the molecule is CCCc1cc(CCN2CCN(c3cccc(Cl)n3)CC2)ccc1C. The van der Waals surface area contributed by atoms with Crippen LogP contribution in [0.3, 0.4) is 0 Å². The molecule has 1 aromatic heterocycles. The first kappa shape index (κ1) is 18.2. The van der Waals surface area contributed by atoms with Gasteiger partial charge in [0.1, 0.15) is 11.0 Å². The molecule has 1 saturated heterocycles. The monoisotopic (exact) mass is 357 g/mol. The number of piperazine rings is 1. The second-order valence-corrected chi connectivity index (χ2v) is 7.30. The van der Waals surface area contributed by atoms with Crippen molar-refractivity contribution in [2.75, 3.05) is 37.6 Å². The normalized spacial score (nSPS) is 15.6. The number of anilines is 1. The van der Waals surface area contributed by atoms with E-state index in [4.69, 9.17) is 11.6 Å². The highest BCUT2D eigenvalue weighted by Crippen LogP contribution is 2.17. The summed E-state index contributed by atoms with van der Waals surface area (Å²) in [6.45, 7) is 9.80. The van der Waals surface area contributed by atoms with Gasteiger partial charge < -0.3 is 4.90 Å². The highest BCUT2D eigenvalue weighted by Gasteiger charge is 2.18. The van der Waals surface area contributed by atoms with E-state index in [9.17, 15) is 0 Å². The number of rotatable bonds is 6. The molecule has 0 aliphatic carbocycles. The molecule has 0 atom stereocenters. The van der Waals surface area contributed by atoms with E-state index in [1.54, 1.807) is 0 Å². The maximum atomic E-state index is 6.01. The van der Waals surface area contributed by atoms with E-state index in [0.717, 1.165) is 45.0 Å². The number of aromatic nitrogens is 1. The molecule has 4 heteroatoms. The quantitative estimate of drug-likeness (QED) is 0.716.